The normalized spacial score (nSPS) is 28.4. The Labute approximate surface area is 73.4 Å². The number of Topliss-reactive ketones (excluding diaryl/α,β-unsaturated/α-hetero) is 1. The van der Waals surface area contributed by atoms with Gasteiger partial charge in [0.05, 0.1) is 12.1 Å². The molecule has 0 aromatic carbocycles. The quantitative estimate of drug-likeness (QED) is 0.654. The minimum absolute atomic E-state index is 0.0278. The molecule has 1 rings (SSSR count). The number of carbonyl (C=O) groups is 1. The SMILES string of the molecule is CC(=O)C(C)N1CCCC(O)C1. The van der Waals surface area contributed by atoms with Gasteiger partial charge in [0.15, 0.2) is 0 Å². The Bertz CT molecular complexity index is 170. The summed E-state index contributed by atoms with van der Waals surface area (Å²) in [5.74, 6) is 0.184. The van der Waals surface area contributed by atoms with Gasteiger partial charge in [-0.1, -0.05) is 0 Å². The highest BCUT2D eigenvalue weighted by Crippen LogP contribution is 2.12. The fraction of sp³-hybridized carbons (Fsp3) is 0.889. The van der Waals surface area contributed by atoms with Crippen molar-refractivity contribution in [2.75, 3.05) is 13.1 Å². The van der Waals surface area contributed by atoms with Crippen LogP contribution in [0.3, 0.4) is 0 Å². The number of nitrogens with zero attached hydrogens (tertiary/aromatic N) is 1. The lowest BCUT2D eigenvalue weighted by Crippen LogP contribution is -2.46. The van der Waals surface area contributed by atoms with E-state index in [2.05, 4.69) is 4.90 Å². The Hall–Kier alpha value is -0.410. The molecular formula is C9H17NO2. The highest BCUT2D eigenvalue weighted by molar-refractivity contribution is 5.80. The summed E-state index contributed by atoms with van der Waals surface area (Å²) in [6.45, 7) is 5.10. The van der Waals surface area contributed by atoms with Crippen molar-refractivity contribution >= 4 is 5.78 Å². The third-order valence-electron chi connectivity index (χ3n) is 2.56. The van der Waals surface area contributed by atoms with Crippen LogP contribution < -0.4 is 0 Å². The molecule has 0 radical (unpaired) electrons. The zero-order valence-corrected chi connectivity index (χ0v) is 7.79. The molecule has 3 nitrogen and oxygen atoms in total. The lowest BCUT2D eigenvalue weighted by molar-refractivity contribution is -0.122. The molecule has 0 aromatic rings. The van der Waals surface area contributed by atoms with Crippen LogP contribution >= 0.6 is 0 Å². The van der Waals surface area contributed by atoms with Crippen LogP contribution in [0.2, 0.25) is 0 Å². The maximum Gasteiger partial charge on any atom is 0.146 e. The maximum absolute atomic E-state index is 11.0. The maximum atomic E-state index is 11.0. The third kappa shape index (κ3) is 2.29. The summed E-state index contributed by atoms with van der Waals surface area (Å²) >= 11 is 0. The number of rotatable bonds is 2. The summed E-state index contributed by atoms with van der Waals surface area (Å²) in [6.07, 6.45) is 1.64. The van der Waals surface area contributed by atoms with Gasteiger partial charge < -0.3 is 5.11 Å². The molecule has 1 aliphatic rings. The zero-order valence-electron chi connectivity index (χ0n) is 7.79. The van der Waals surface area contributed by atoms with Gasteiger partial charge in [0.2, 0.25) is 0 Å². The monoisotopic (exact) mass is 171 g/mol. The predicted molar refractivity (Wildman–Crippen MR) is 47.0 cm³/mol. The molecule has 70 valence electrons. The number of carbonyl (C=O) groups excluding carboxylic acids is 1. The first-order chi connectivity index (χ1) is 5.61. The van der Waals surface area contributed by atoms with E-state index in [9.17, 15) is 9.90 Å². The first-order valence-corrected chi connectivity index (χ1v) is 4.54. The molecule has 0 amide bonds. The average Bonchev–Trinajstić information content (AvgIpc) is 2.03. The molecule has 2 unspecified atom stereocenters. The van der Waals surface area contributed by atoms with E-state index < -0.39 is 0 Å². The van der Waals surface area contributed by atoms with E-state index in [-0.39, 0.29) is 17.9 Å². The number of aliphatic hydroxyl groups excluding tert-OH is 1. The van der Waals surface area contributed by atoms with E-state index in [4.69, 9.17) is 0 Å². The summed E-state index contributed by atoms with van der Waals surface area (Å²) in [4.78, 5) is 13.1. The van der Waals surface area contributed by atoms with E-state index >= 15 is 0 Å². The van der Waals surface area contributed by atoms with Gasteiger partial charge in [0.25, 0.3) is 0 Å². The fourth-order valence-electron chi connectivity index (χ4n) is 1.59. The molecule has 0 aliphatic carbocycles. The summed E-state index contributed by atoms with van der Waals surface area (Å²) in [6, 6.07) is -0.0278. The molecule has 1 saturated heterocycles. The van der Waals surface area contributed by atoms with Gasteiger partial charge >= 0.3 is 0 Å². The number of β-amino-alcohol motifs (C(OH)–C–C–N with tert-alkyl or cyclic N) is 1. The van der Waals surface area contributed by atoms with Crippen molar-refractivity contribution in [3.8, 4) is 0 Å². The molecule has 1 heterocycles. The number of piperidine rings is 1. The van der Waals surface area contributed by atoms with Crippen LogP contribution in [0.1, 0.15) is 26.7 Å². The Morgan fingerprint density at radius 1 is 1.67 bits per heavy atom. The summed E-state index contributed by atoms with van der Waals surface area (Å²) < 4.78 is 0. The first-order valence-electron chi connectivity index (χ1n) is 4.54. The lowest BCUT2D eigenvalue weighted by Gasteiger charge is -2.33. The number of ketones is 1. The summed E-state index contributed by atoms with van der Waals surface area (Å²) in [7, 11) is 0. The van der Waals surface area contributed by atoms with Crippen molar-refractivity contribution in [2.24, 2.45) is 0 Å². The third-order valence-corrected chi connectivity index (χ3v) is 2.56. The Morgan fingerprint density at radius 3 is 2.83 bits per heavy atom. The number of aliphatic hydroxyl groups is 1. The topological polar surface area (TPSA) is 40.5 Å². The minimum Gasteiger partial charge on any atom is -0.392 e. The van der Waals surface area contributed by atoms with Crippen molar-refractivity contribution in [3.63, 3.8) is 0 Å². The van der Waals surface area contributed by atoms with Gasteiger partial charge in [-0.25, -0.2) is 0 Å². The van der Waals surface area contributed by atoms with E-state index in [1.165, 1.54) is 0 Å². The van der Waals surface area contributed by atoms with E-state index in [0.717, 1.165) is 19.4 Å². The van der Waals surface area contributed by atoms with Crippen molar-refractivity contribution < 1.29 is 9.90 Å². The second kappa shape index (κ2) is 4.01. The van der Waals surface area contributed by atoms with Crippen molar-refractivity contribution in [3.05, 3.63) is 0 Å². The largest absolute Gasteiger partial charge is 0.392 e. The lowest BCUT2D eigenvalue weighted by atomic mass is 10.1. The molecule has 0 saturated carbocycles. The van der Waals surface area contributed by atoms with Gasteiger partial charge in [-0.2, -0.15) is 0 Å². The van der Waals surface area contributed by atoms with Crippen LogP contribution in [0.15, 0.2) is 0 Å². The van der Waals surface area contributed by atoms with Crippen LogP contribution in [-0.2, 0) is 4.79 Å². The van der Waals surface area contributed by atoms with E-state index in [0.29, 0.717) is 6.54 Å². The van der Waals surface area contributed by atoms with Gasteiger partial charge in [-0.05, 0) is 33.2 Å². The summed E-state index contributed by atoms with van der Waals surface area (Å²) in [5, 5.41) is 9.36. The predicted octanol–water partition coefficient (Wildman–Crippen LogP) is 0.421. The molecule has 12 heavy (non-hydrogen) atoms. The van der Waals surface area contributed by atoms with Crippen molar-refractivity contribution in [2.45, 2.75) is 38.8 Å². The van der Waals surface area contributed by atoms with Gasteiger partial charge in [-0.3, -0.25) is 9.69 Å². The second-order valence-corrected chi connectivity index (χ2v) is 3.58. The molecule has 1 N–H and O–H groups in total. The number of likely N-dealkylation sites (tertiary alicyclic amines) is 1. The molecule has 0 bridgehead atoms. The molecule has 3 heteroatoms. The minimum atomic E-state index is -0.236. The average molecular weight is 171 g/mol. The Balaban J connectivity index is 2.45. The van der Waals surface area contributed by atoms with Crippen molar-refractivity contribution in [1.29, 1.82) is 0 Å². The molecule has 0 spiro atoms. The van der Waals surface area contributed by atoms with Crippen LogP contribution in [0.5, 0.6) is 0 Å². The van der Waals surface area contributed by atoms with E-state index in [1.54, 1.807) is 6.92 Å². The first kappa shape index (κ1) is 9.68. The van der Waals surface area contributed by atoms with Crippen LogP contribution in [0.25, 0.3) is 0 Å². The Kier molecular flexibility index (Phi) is 3.23. The van der Waals surface area contributed by atoms with Crippen LogP contribution in [-0.4, -0.2) is 41.0 Å². The molecular weight excluding hydrogens is 154 g/mol. The number of hydrogen-bond donors (Lipinski definition) is 1. The van der Waals surface area contributed by atoms with Crippen LogP contribution in [0, 0.1) is 0 Å². The standard InChI is InChI=1S/C9H17NO2/c1-7(8(2)11)10-5-3-4-9(12)6-10/h7,9,12H,3-6H2,1-2H3. The van der Waals surface area contributed by atoms with Crippen molar-refractivity contribution in [1.82, 2.24) is 4.90 Å². The molecule has 0 aromatic heterocycles. The van der Waals surface area contributed by atoms with Gasteiger partial charge in [0.1, 0.15) is 5.78 Å². The summed E-state index contributed by atoms with van der Waals surface area (Å²) in [5.41, 5.74) is 0. The zero-order chi connectivity index (χ0) is 9.14. The van der Waals surface area contributed by atoms with Gasteiger partial charge in [-0.15, -0.1) is 0 Å². The molecule has 2 atom stereocenters. The van der Waals surface area contributed by atoms with Gasteiger partial charge in [0, 0.05) is 6.54 Å². The van der Waals surface area contributed by atoms with Crippen LogP contribution in [0.4, 0.5) is 0 Å². The number of hydrogen-bond acceptors (Lipinski definition) is 3. The fourth-order valence-corrected chi connectivity index (χ4v) is 1.59. The Morgan fingerprint density at radius 2 is 2.33 bits per heavy atom. The highest BCUT2D eigenvalue weighted by atomic mass is 16.3. The molecule has 1 aliphatic heterocycles. The molecule has 1 fully saturated rings. The van der Waals surface area contributed by atoms with E-state index in [1.807, 2.05) is 6.92 Å². The highest BCUT2D eigenvalue weighted by Gasteiger charge is 2.23. The second-order valence-electron chi connectivity index (χ2n) is 3.58. The smallest absolute Gasteiger partial charge is 0.146 e.